The Morgan fingerprint density at radius 3 is 2.21 bits per heavy atom. The van der Waals surface area contributed by atoms with Gasteiger partial charge in [-0.25, -0.2) is 8.78 Å². The number of hydrogen-bond acceptors (Lipinski definition) is 4. The molecule has 1 rings (SSSR count). The Hall–Kier alpha value is -2.28. The number of hydrogen-bond donors (Lipinski definition) is 2. The maximum atomic E-state index is 13.6. The summed E-state index contributed by atoms with van der Waals surface area (Å²) in [5.41, 5.74) is 1.33. The highest BCUT2D eigenvalue weighted by molar-refractivity contribution is 7.20. The van der Waals surface area contributed by atoms with Gasteiger partial charge in [-0.1, -0.05) is 56.3 Å². The van der Waals surface area contributed by atoms with Crippen LogP contribution in [-0.2, 0) is 9.59 Å². The number of rotatable bonds is 9. The maximum Gasteiger partial charge on any atom is 0.299 e. The molecule has 0 aliphatic rings. The lowest BCUT2D eigenvalue weighted by atomic mass is 9.88. The van der Waals surface area contributed by atoms with Crippen molar-refractivity contribution in [2.45, 2.75) is 59.5 Å². The number of anilines is 1. The molecule has 188 valence electrons. The summed E-state index contributed by atoms with van der Waals surface area (Å²) < 4.78 is 51.3. The molecule has 0 fully saturated rings. The van der Waals surface area contributed by atoms with Gasteiger partial charge in [-0.3, -0.25) is 14.6 Å². The number of alkyl halides is 2. The molecular weight excluding hydrogens is 457 g/mol. The molecule has 0 aliphatic carbocycles. The number of halogens is 4. The smallest absolute Gasteiger partial charge is 0.299 e. The van der Waals surface area contributed by atoms with Crippen LogP contribution in [0.5, 0.6) is 0 Å². The predicted molar refractivity (Wildman–Crippen MR) is 131 cm³/mol. The van der Waals surface area contributed by atoms with Gasteiger partial charge in [0.15, 0.2) is 11.6 Å². The van der Waals surface area contributed by atoms with Crippen LogP contribution in [0.25, 0.3) is 0 Å². The van der Waals surface area contributed by atoms with Gasteiger partial charge < -0.3 is 11.1 Å². The fourth-order valence-corrected chi connectivity index (χ4v) is 2.71. The quantitative estimate of drug-likeness (QED) is 0.193. The van der Waals surface area contributed by atoms with Crippen LogP contribution in [0.3, 0.4) is 0 Å². The molecule has 0 saturated carbocycles. The molecular formula is C23H36F4N3O2P. The minimum atomic E-state index is -2.98. The van der Waals surface area contributed by atoms with E-state index in [1.807, 2.05) is 27.7 Å². The molecule has 0 bridgehead atoms. The fraction of sp³-hybridized carbons (Fsp3) is 0.522. The molecule has 0 aromatic heterocycles. The maximum absolute atomic E-state index is 13.6. The zero-order chi connectivity index (χ0) is 26.2. The molecule has 5 nitrogen and oxygen atoms in total. The molecule has 0 heterocycles. The van der Waals surface area contributed by atoms with Gasteiger partial charge >= 0.3 is 0 Å². The van der Waals surface area contributed by atoms with E-state index < -0.39 is 29.1 Å². The van der Waals surface area contributed by atoms with Gasteiger partial charge in [-0.2, -0.15) is 8.78 Å². The number of carbonyl (C=O) groups is 2. The van der Waals surface area contributed by atoms with E-state index >= 15 is 0 Å². The fourth-order valence-electron chi connectivity index (χ4n) is 2.48. The van der Waals surface area contributed by atoms with Crippen molar-refractivity contribution in [3.63, 3.8) is 0 Å². The zero-order valence-corrected chi connectivity index (χ0v) is 21.2. The topological polar surface area (TPSA) is 84.5 Å². The molecule has 3 atom stereocenters. The molecule has 1 aromatic carbocycles. The third kappa shape index (κ3) is 11.9. The normalized spacial score (nSPS) is 13.2. The van der Waals surface area contributed by atoms with Crippen molar-refractivity contribution in [2.75, 3.05) is 12.4 Å². The van der Waals surface area contributed by atoms with Crippen molar-refractivity contribution in [1.29, 1.82) is 0 Å². The van der Waals surface area contributed by atoms with Crippen molar-refractivity contribution in [3.8, 4) is 0 Å². The van der Waals surface area contributed by atoms with E-state index in [0.29, 0.717) is 19.3 Å². The zero-order valence-electron chi connectivity index (χ0n) is 20.1. The first-order chi connectivity index (χ1) is 15.4. The van der Waals surface area contributed by atoms with Crippen molar-refractivity contribution >= 4 is 32.3 Å². The van der Waals surface area contributed by atoms with Gasteiger partial charge in [-0.15, -0.1) is 0 Å². The summed E-state index contributed by atoms with van der Waals surface area (Å²) in [5.74, 6) is -3.94. The SMILES string of the molecule is CC.CCCC(C(=O)Nc1cccc(F)c1F)C(=O)[C@H](C)CC.CN=C(/C=C\N)C(F)(F)P. The highest BCUT2D eigenvalue weighted by Gasteiger charge is 2.29. The summed E-state index contributed by atoms with van der Waals surface area (Å²) in [7, 11) is 2.66. The van der Waals surface area contributed by atoms with Crippen molar-refractivity contribution in [3.05, 3.63) is 42.1 Å². The van der Waals surface area contributed by atoms with Crippen LogP contribution in [0.4, 0.5) is 23.2 Å². The Morgan fingerprint density at radius 2 is 1.82 bits per heavy atom. The number of aliphatic imine (C=N–C) groups is 1. The Bertz CT molecular complexity index is 796. The van der Waals surface area contributed by atoms with Crippen LogP contribution >= 0.6 is 9.24 Å². The third-order valence-corrected chi connectivity index (χ3v) is 4.68. The number of carbonyl (C=O) groups excluding carboxylic acids is 2. The standard InChI is InChI=1S/C16H21F2NO2.C5H9F2N2P.C2H6/c1-4-7-11(15(20)10(3)5-2)16(21)19-13-9-6-8-12(17)14(13)18;1-9-4(2-3-8)5(6,7)10;1-2/h6,8-11H,4-5,7H2,1-3H3,(H,19,21);2-3H,8,10H2,1H3;1-2H3/b;3-2-,9-4?;/t10-,11?;;/m1../s1. The van der Waals surface area contributed by atoms with Crippen LogP contribution in [0, 0.1) is 23.5 Å². The van der Waals surface area contributed by atoms with Crippen molar-refractivity contribution in [2.24, 2.45) is 22.6 Å². The largest absolute Gasteiger partial charge is 0.405 e. The monoisotopic (exact) mass is 493 g/mol. The average molecular weight is 494 g/mol. The van der Waals surface area contributed by atoms with Gasteiger partial charge in [0.05, 0.1) is 11.6 Å². The van der Waals surface area contributed by atoms with Crippen molar-refractivity contribution in [1.82, 2.24) is 0 Å². The van der Waals surface area contributed by atoms with Gasteiger partial charge in [0.2, 0.25) is 5.91 Å². The summed E-state index contributed by atoms with van der Waals surface area (Å²) >= 11 is 0. The number of amides is 1. The van der Waals surface area contributed by atoms with Crippen LogP contribution in [0.15, 0.2) is 35.5 Å². The molecule has 0 saturated heterocycles. The minimum absolute atomic E-state index is 0.159. The highest BCUT2D eigenvalue weighted by Crippen LogP contribution is 2.24. The number of ketones is 1. The summed E-state index contributed by atoms with van der Waals surface area (Å²) in [6, 6.07) is 3.55. The third-order valence-electron chi connectivity index (χ3n) is 4.38. The van der Waals surface area contributed by atoms with Gasteiger partial charge in [0.1, 0.15) is 11.5 Å². The minimum Gasteiger partial charge on any atom is -0.405 e. The molecule has 3 N–H and O–H groups in total. The average Bonchev–Trinajstić information content (AvgIpc) is 2.78. The first kappa shape index (κ1) is 32.9. The van der Waals surface area contributed by atoms with E-state index in [1.54, 1.807) is 6.92 Å². The molecule has 33 heavy (non-hydrogen) atoms. The Balaban J connectivity index is 0. The molecule has 1 aromatic rings. The highest BCUT2D eigenvalue weighted by atomic mass is 31.0. The Morgan fingerprint density at radius 1 is 1.24 bits per heavy atom. The molecule has 0 radical (unpaired) electrons. The molecule has 2 unspecified atom stereocenters. The van der Waals surface area contributed by atoms with Crippen LogP contribution in [-0.4, -0.2) is 30.1 Å². The molecule has 10 heteroatoms. The van der Waals surface area contributed by atoms with Crippen LogP contribution < -0.4 is 11.1 Å². The van der Waals surface area contributed by atoms with E-state index in [0.717, 1.165) is 18.3 Å². The van der Waals surface area contributed by atoms with E-state index in [1.165, 1.54) is 28.4 Å². The van der Waals surface area contributed by atoms with E-state index in [2.05, 4.69) is 10.3 Å². The van der Waals surface area contributed by atoms with Gasteiger partial charge in [0.25, 0.3) is 5.66 Å². The lowest BCUT2D eigenvalue weighted by molar-refractivity contribution is -0.133. The molecule has 0 spiro atoms. The first-order valence-corrected chi connectivity index (χ1v) is 11.3. The van der Waals surface area contributed by atoms with E-state index in [-0.39, 0.29) is 23.1 Å². The Labute approximate surface area is 196 Å². The second-order valence-corrected chi connectivity index (χ2v) is 7.46. The lowest BCUT2D eigenvalue weighted by Crippen LogP contribution is -2.33. The number of nitrogens with two attached hydrogens (primary N) is 1. The number of nitrogens with zero attached hydrogens (tertiary/aromatic N) is 1. The number of allylic oxidation sites excluding steroid dienone is 1. The second kappa shape index (κ2) is 17.2. The summed E-state index contributed by atoms with van der Waals surface area (Å²) in [4.78, 5) is 27.8. The second-order valence-electron chi connectivity index (χ2n) is 6.73. The Kier molecular flexibility index (Phi) is 17.2. The number of Topliss-reactive ketones (excluding diaryl/α,β-unsaturated/α-hetero) is 1. The molecule has 0 aliphatic heterocycles. The summed E-state index contributed by atoms with van der Waals surface area (Å²) in [6.45, 7) is 9.50. The van der Waals surface area contributed by atoms with Crippen LogP contribution in [0.2, 0.25) is 0 Å². The summed E-state index contributed by atoms with van der Waals surface area (Å²) in [5, 5.41) is 2.32. The number of nitrogens with one attached hydrogen (secondary N) is 1. The molecule has 1 amide bonds. The van der Waals surface area contributed by atoms with E-state index in [4.69, 9.17) is 5.73 Å². The van der Waals surface area contributed by atoms with Crippen molar-refractivity contribution < 1.29 is 27.2 Å². The lowest BCUT2D eigenvalue weighted by Gasteiger charge is -2.18. The van der Waals surface area contributed by atoms with Gasteiger partial charge in [0, 0.05) is 13.0 Å². The van der Waals surface area contributed by atoms with Crippen LogP contribution in [0.1, 0.15) is 53.9 Å². The number of benzene rings is 1. The summed E-state index contributed by atoms with van der Waals surface area (Å²) in [6.07, 6.45) is 3.78. The predicted octanol–water partition coefficient (Wildman–Crippen LogP) is 5.96. The van der Waals surface area contributed by atoms with Gasteiger partial charge in [-0.05, 0) is 37.3 Å². The van der Waals surface area contributed by atoms with E-state index in [9.17, 15) is 27.2 Å². The first-order valence-electron chi connectivity index (χ1n) is 10.7.